The molecule has 1 saturated carbocycles. The highest BCUT2D eigenvalue weighted by Crippen LogP contribution is 2.52. The maximum atomic E-state index is 13.3. The molecule has 2 aliphatic heterocycles. The van der Waals surface area contributed by atoms with E-state index in [9.17, 15) is 23.3 Å². The van der Waals surface area contributed by atoms with Gasteiger partial charge in [-0.05, 0) is 49.0 Å². The number of piperidine rings is 1. The first-order valence-electron chi connectivity index (χ1n) is 11.0. The molecule has 0 spiro atoms. The number of nitro groups is 1. The summed E-state index contributed by atoms with van der Waals surface area (Å²) in [5.41, 5.74) is 0.166. The van der Waals surface area contributed by atoms with E-state index in [1.54, 1.807) is 0 Å². The molecule has 0 N–H and O–H groups in total. The van der Waals surface area contributed by atoms with Crippen molar-refractivity contribution in [3.63, 3.8) is 0 Å². The zero-order chi connectivity index (χ0) is 22.6. The Hall–Kier alpha value is -2.00. The zero-order valence-corrected chi connectivity index (χ0v) is 19.2. The normalized spacial score (nSPS) is 29.1. The largest absolute Gasteiger partial charge is 0.339 e. The highest BCUT2D eigenvalue weighted by atomic mass is 32.2. The number of amides is 1. The highest BCUT2D eigenvalue weighted by Gasteiger charge is 2.51. The van der Waals surface area contributed by atoms with Crippen LogP contribution in [0.5, 0.6) is 0 Å². The van der Waals surface area contributed by atoms with Crippen LogP contribution in [0.2, 0.25) is 0 Å². The molecule has 1 amide bonds. The molecule has 1 aliphatic carbocycles. The third-order valence-corrected chi connectivity index (χ3v) is 9.06. The number of nitro benzene ring substituents is 1. The molecule has 170 valence electrons. The van der Waals surface area contributed by atoms with Gasteiger partial charge in [-0.25, -0.2) is 8.42 Å². The number of sulfonamides is 1. The van der Waals surface area contributed by atoms with Gasteiger partial charge in [-0.3, -0.25) is 14.9 Å². The van der Waals surface area contributed by atoms with Crippen LogP contribution >= 0.6 is 0 Å². The Bertz CT molecular complexity index is 1000. The van der Waals surface area contributed by atoms with E-state index in [1.807, 2.05) is 0 Å². The molecule has 0 radical (unpaired) electrons. The number of benzene rings is 1. The second-order valence-corrected chi connectivity index (χ2v) is 12.6. The monoisotopic (exact) mass is 449 g/mol. The molecular formula is C22H31N3O5S. The summed E-state index contributed by atoms with van der Waals surface area (Å²) >= 11 is 0. The van der Waals surface area contributed by atoms with Gasteiger partial charge in [0.25, 0.3) is 5.69 Å². The lowest BCUT2D eigenvalue weighted by Crippen LogP contribution is -2.46. The maximum Gasteiger partial charge on any atom is 0.270 e. The van der Waals surface area contributed by atoms with Crippen molar-refractivity contribution in [3.05, 3.63) is 34.4 Å². The molecule has 2 bridgehead atoms. The molecule has 2 saturated heterocycles. The predicted octanol–water partition coefficient (Wildman–Crippen LogP) is 3.42. The average Bonchev–Trinajstić information content (AvgIpc) is 2.96. The lowest BCUT2D eigenvalue weighted by Gasteiger charge is -2.40. The van der Waals surface area contributed by atoms with Crippen LogP contribution in [0, 0.1) is 26.9 Å². The molecule has 2 atom stereocenters. The number of fused-ring (bicyclic) bond motifs is 2. The number of hydrogen-bond acceptors (Lipinski definition) is 5. The van der Waals surface area contributed by atoms with Gasteiger partial charge in [0.15, 0.2) is 0 Å². The van der Waals surface area contributed by atoms with Gasteiger partial charge in [-0.15, -0.1) is 0 Å². The quantitative estimate of drug-likeness (QED) is 0.518. The van der Waals surface area contributed by atoms with Crippen LogP contribution in [0.1, 0.15) is 52.9 Å². The molecule has 31 heavy (non-hydrogen) atoms. The molecule has 4 rings (SSSR count). The summed E-state index contributed by atoms with van der Waals surface area (Å²) in [6.45, 7) is 8.14. The number of carbonyl (C=O) groups excluding carboxylic acids is 1. The third kappa shape index (κ3) is 4.22. The molecule has 1 aromatic rings. The molecular weight excluding hydrogens is 418 g/mol. The van der Waals surface area contributed by atoms with E-state index in [0.717, 1.165) is 31.9 Å². The molecule has 9 heteroatoms. The van der Waals surface area contributed by atoms with E-state index in [2.05, 4.69) is 25.7 Å². The summed E-state index contributed by atoms with van der Waals surface area (Å²) < 4.78 is 27.3. The molecule has 0 unspecified atom stereocenters. The van der Waals surface area contributed by atoms with Gasteiger partial charge in [-0.1, -0.05) is 26.8 Å². The summed E-state index contributed by atoms with van der Waals surface area (Å²) in [4.78, 5) is 25.7. The molecule has 0 aromatic heterocycles. The minimum Gasteiger partial charge on any atom is -0.339 e. The lowest BCUT2D eigenvalue weighted by atomic mass is 9.65. The number of likely N-dealkylation sites (tertiary alicyclic amines) is 1. The zero-order valence-electron chi connectivity index (χ0n) is 18.4. The SMILES string of the molecule is CC1(C)C[C@H]2C[C@](C)(CN2C(=O)C2CCN(S(=O)(=O)c3cccc([N+](=O)[O-])c3)CC2)C1. The van der Waals surface area contributed by atoms with E-state index in [0.29, 0.717) is 12.8 Å². The summed E-state index contributed by atoms with van der Waals surface area (Å²) in [6.07, 6.45) is 4.17. The van der Waals surface area contributed by atoms with E-state index < -0.39 is 14.9 Å². The molecule has 3 aliphatic rings. The minimum absolute atomic E-state index is 0.0741. The first-order chi connectivity index (χ1) is 14.4. The average molecular weight is 450 g/mol. The predicted molar refractivity (Wildman–Crippen MR) is 116 cm³/mol. The lowest BCUT2D eigenvalue weighted by molar-refractivity contribution is -0.385. The number of non-ortho nitro benzene ring substituents is 1. The van der Waals surface area contributed by atoms with Gasteiger partial charge in [0.05, 0.1) is 9.82 Å². The van der Waals surface area contributed by atoms with Crippen LogP contribution in [0.15, 0.2) is 29.2 Å². The molecule has 8 nitrogen and oxygen atoms in total. The van der Waals surface area contributed by atoms with Crippen molar-refractivity contribution < 1.29 is 18.1 Å². The first kappa shape index (κ1) is 22.2. The first-order valence-corrected chi connectivity index (χ1v) is 12.4. The van der Waals surface area contributed by atoms with Crippen molar-refractivity contribution in [2.24, 2.45) is 16.7 Å². The Balaban J connectivity index is 1.43. The summed E-state index contributed by atoms with van der Waals surface area (Å²) in [5, 5.41) is 11.0. The van der Waals surface area contributed by atoms with Crippen LogP contribution in [-0.2, 0) is 14.8 Å². The number of carbonyl (C=O) groups is 1. The van der Waals surface area contributed by atoms with Crippen LogP contribution in [-0.4, -0.2) is 54.1 Å². The maximum absolute atomic E-state index is 13.3. The van der Waals surface area contributed by atoms with Crippen molar-refractivity contribution in [1.29, 1.82) is 0 Å². The Morgan fingerprint density at radius 1 is 1.16 bits per heavy atom. The minimum atomic E-state index is -3.82. The topological polar surface area (TPSA) is 101 Å². The number of hydrogen-bond donors (Lipinski definition) is 0. The van der Waals surface area contributed by atoms with Gasteiger partial charge in [0.2, 0.25) is 15.9 Å². The smallest absolute Gasteiger partial charge is 0.270 e. The van der Waals surface area contributed by atoms with E-state index in [-0.39, 0.29) is 52.4 Å². The Kier molecular flexibility index (Phi) is 5.41. The van der Waals surface area contributed by atoms with Crippen molar-refractivity contribution in [3.8, 4) is 0 Å². The van der Waals surface area contributed by atoms with E-state index >= 15 is 0 Å². The van der Waals surface area contributed by atoms with Crippen molar-refractivity contribution in [2.75, 3.05) is 19.6 Å². The molecule has 2 heterocycles. The Labute approximate surface area is 183 Å². The summed E-state index contributed by atoms with van der Waals surface area (Å²) in [7, 11) is -3.82. The molecule has 1 aromatic carbocycles. The van der Waals surface area contributed by atoms with Gasteiger partial charge < -0.3 is 4.90 Å². The Morgan fingerprint density at radius 2 is 1.84 bits per heavy atom. The van der Waals surface area contributed by atoms with Gasteiger partial charge >= 0.3 is 0 Å². The third-order valence-electron chi connectivity index (χ3n) is 7.17. The summed E-state index contributed by atoms with van der Waals surface area (Å²) in [5.74, 6) is 0.00134. The molecule has 3 fully saturated rings. The van der Waals surface area contributed by atoms with Crippen molar-refractivity contribution in [2.45, 2.75) is 63.8 Å². The van der Waals surface area contributed by atoms with Crippen molar-refractivity contribution in [1.82, 2.24) is 9.21 Å². The van der Waals surface area contributed by atoms with E-state index in [4.69, 9.17) is 0 Å². The van der Waals surface area contributed by atoms with Crippen LogP contribution in [0.4, 0.5) is 5.69 Å². The number of nitrogens with zero attached hydrogens (tertiary/aromatic N) is 3. The van der Waals surface area contributed by atoms with Crippen molar-refractivity contribution >= 4 is 21.6 Å². The fourth-order valence-electron chi connectivity index (χ4n) is 6.20. The van der Waals surface area contributed by atoms with Crippen LogP contribution < -0.4 is 0 Å². The second-order valence-electron chi connectivity index (χ2n) is 10.6. The van der Waals surface area contributed by atoms with E-state index in [1.165, 1.54) is 22.5 Å². The van der Waals surface area contributed by atoms with Crippen LogP contribution in [0.3, 0.4) is 0 Å². The fourth-order valence-corrected chi connectivity index (χ4v) is 7.71. The fraction of sp³-hybridized carbons (Fsp3) is 0.682. The van der Waals surface area contributed by atoms with Gasteiger partial charge in [-0.2, -0.15) is 4.31 Å². The van der Waals surface area contributed by atoms with Gasteiger partial charge in [0, 0.05) is 43.7 Å². The number of rotatable bonds is 4. The summed E-state index contributed by atoms with van der Waals surface area (Å²) in [6, 6.07) is 5.42. The Morgan fingerprint density at radius 3 is 2.48 bits per heavy atom. The van der Waals surface area contributed by atoms with Crippen LogP contribution in [0.25, 0.3) is 0 Å². The second kappa shape index (κ2) is 7.55. The standard InChI is InChI=1S/C22H31N3O5S/c1-21(2)12-18-13-22(3,14-21)15-24(18)20(26)16-7-9-23(10-8-16)31(29,30)19-6-4-5-17(11-19)25(27)28/h4-6,11,16,18H,7-10,12-15H2,1-3H3/t18-,22-/m0/s1. The highest BCUT2D eigenvalue weighted by molar-refractivity contribution is 7.89. The van der Waals surface area contributed by atoms with Gasteiger partial charge in [0.1, 0.15) is 0 Å².